The van der Waals surface area contributed by atoms with Crippen molar-refractivity contribution in [2.24, 2.45) is 0 Å². The first-order valence-corrected chi connectivity index (χ1v) is 8.48. The Kier molecular flexibility index (Phi) is 4.86. The number of carbonyl (C=O) groups is 1. The van der Waals surface area contributed by atoms with Crippen molar-refractivity contribution in [1.29, 1.82) is 0 Å². The average molecular weight is 375 g/mol. The van der Waals surface area contributed by atoms with Crippen molar-refractivity contribution in [3.05, 3.63) is 59.1 Å². The molecule has 4 nitrogen and oxygen atoms in total. The van der Waals surface area contributed by atoms with Crippen LogP contribution < -0.4 is 5.32 Å². The third kappa shape index (κ3) is 3.85. The van der Waals surface area contributed by atoms with E-state index in [1.807, 2.05) is 54.1 Å². The molecule has 1 aromatic carbocycles. The lowest BCUT2D eigenvalue weighted by Gasteiger charge is -2.14. The lowest BCUT2D eigenvalue weighted by molar-refractivity contribution is -0.122. The van der Waals surface area contributed by atoms with Crippen LogP contribution in [0.25, 0.3) is 10.9 Å². The van der Waals surface area contributed by atoms with Crippen molar-refractivity contribution >= 4 is 32.7 Å². The first kappa shape index (κ1) is 15.9. The minimum Gasteiger partial charge on any atom is -0.469 e. The maximum absolute atomic E-state index is 12.2. The van der Waals surface area contributed by atoms with Gasteiger partial charge < -0.3 is 14.3 Å². The highest BCUT2D eigenvalue weighted by molar-refractivity contribution is 9.10. The molecule has 23 heavy (non-hydrogen) atoms. The zero-order valence-corrected chi connectivity index (χ0v) is 14.5. The summed E-state index contributed by atoms with van der Waals surface area (Å²) in [6.07, 6.45) is 5.31. The first-order valence-electron chi connectivity index (χ1n) is 7.68. The van der Waals surface area contributed by atoms with Crippen molar-refractivity contribution in [2.75, 3.05) is 0 Å². The summed E-state index contributed by atoms with van der Waals surface area (Å²) in [7, 11) is 0. The van der Waals surface area contributed by atoms with E-state index in [0.717, 1.165) is 34.0 Å². The van der Waals surface area contributed by atoms with Gasteiger partial charge in [-0.3, -0.25) is 4.79 Å². The summed E-state index contributed by atoms with van der Waals surface area (Å²) in [4.78, 5) is 12.2. The molecule has 2 heterocycles. The van der Waals surface area contributed by atoms with Gasteiger partial charge in [0, 0.05) is 34.0 Å². The number of aromatic nitrogens is 1. The van der Waals surface area contributed by atoms with Gasteiger partial charge in [0.2, 0.25) is 5.91 Å². The minimum atomic E-state index is 0.0226. The van der Waals surface area contributed by atoms with Gasteiger partial charge in [0.1, 0.15) is 12.3 Å². The Morgan fingerprint density at radius 2 is 2.17 bits per heavy atom. The SMILES string of the molecule is CC(CCc1ccco1)NC(=O)Cn1ccc2c(Br)cccc21. The van der Waals surface area contributed by atoms with Crippen LogP contribution in [0.4, 0.5) is 0 Å². The fourth-order valence-corrected chi connectivity index (χ4v) is 3.17. The van der Waals surface area contributed by atoms with Crippen LogP contribution >= 0.6 is 15.9 Å². The van der Waals surface area contributed by atoms with E-state index >= 15 is 0 Å². The maximum Gasteiger partial charge on any atom is 0.240 e. The Morgan fingerprint density at radius 1 is 1.30 bits per heavy atom. The fourth-order valence-electron chi connectivity index (χ4n) is 2.68. The smallest absolute Gasteiger partial charge is 0.240 e. The van der Waals surface area contributed by atoms with E-state index in [1.54, 1.807) is 6.26 Å². The van der Waals surface area contributed by atoms with Gasteiger partial charge in [-0.1, -0.05) is 22.0 Å². The summed E-state index contributed by atoms with van der Waals surface area (Å²) in [6.45, 7) is 2.34. The first-order chi connectivity index (χ1) is 11.1. The number of aryl methyl sites for hydroxylation is 1. The summed E-state index contributed by atoms with van der Waals surface area (Å²) in [6, 6.07) is 12.0. The van der Waals surface area contributed by atoms with Gasteiger partial charge in [-0.2, -0.15) is 0 Å². The number of furan rings is 1. The maximum atomic E-state index is 12.2. The van der Waals surface area contributed by atoms with E-state index < -0.39 is 0 Å². The van der Waals surface area contributed by atoms with Crippen LogP contribution in [0, 0.1) is 0 Å². The number of amides is 1. The van der Waals surface area contributed by atoms with Crippen molar-refractivity contribution < 1.29 is 9.21 Å². The number of benzene rings is 1. The number of fused-ring (bicyclic) bond motifs is 1. The Morgan fingerprint density at radius 3 is 2.96 bits per heavy atom. The van der Waals surface area contributed by atoms with Gasteiger partial charge in [-0.05, 0) is 43.7 Å². The molecule has 0 aliphatic carbocycles. The molecule has 0 aliphatic heterocycles. The van der Waals surface area contributed by atoms with E-state index in [1.165, 1.54) is 0 Å². The van der Waals surface area contributed by atoms with E-state index in [9.17, 15) is 4.79 Å². The summed E-state index contributed by atoms with van der Waals surface area (Å²) in [5, 5.41) is 4.16. The van der Waals surface area contributed by atoms with Crippen LogP contribution in [0.15, 0.2) is 57.7 Å². The van der Waals surface area contributed by atoms with E-state index in [4.69, 9.17) is 4.42 Å². The highest BCUT2D eigenvalue weighted by atomic mass is 79.9. The van der Waals surface area contributed by atoms with E-state index in [0.29, 0.717) is 6.54 Å². The number of nitrogens with zero attached hydrogens (tertiary/aromatic N) is 1. The molecule has 0 spiro atoms. The molecule has 0 saturated carbocycles. The van der Waals surface area contributed by atoms with Gasteiger partial charge in [0.05, 0.1) is 6.26 Å². The Balaban J connectivity index is 1.57. The second kappa shape index (κ2) is 7.04. The third-order valence-electron chi connectivity index (χ3n) is 3.89. The Hall–Kier alpha value is -2.01. The van der Waals surface area contributed by atoms with Crippen LogP contribution in [-0.2, 0) is 17.8 Å². The monoisotopic (exact) mass is 374 g/mol. The molecule has 2 aromatic heterocycles. The molecular weight excluding hydrogens is 356 g/mol. The van der Waals surface area contributed by atoms with Gasteiger partial charge in [-0.15, -0.1) is 0 Å². The lowest BCUT2D eigenvalue weighted by atomic mass is 10.1. The highest BCUT2D eigenvalue weighted by Crippen LogP contribution is 2.24. The summed E-state index contributed by atoms with van der Waals surface area (Å²) < 4.78 is 8.32. The summed E-state index contributed by atoms with van der Waals surface area (Å²) in [5.74, 6) is 0.974. The highest BCUT2D eigenvalue weighted by Gasteiger charge is 2.11. The van der Waals surface area contributed by atoms with Crippen molar-refractivity contribution in [3.63, 3.8) is 0 Å². The summed E-state index contributed by atoms with van der Waals surface area (Å²) in [5.41, 5.74) is 1.05. The van der Waals surface area contributed by atoms with Crippen molar-refractivity contribution in [2.45, 2.75) is 32.4 Å². The molecule has 5 heteroatoms. The van der Waals surface area contributed by atoms with Crippen LogP contribution in [0.3, 0.4) is 0 Å². The second-order valence-electron chi connectivity index (χ2n) is 5.70. The molecule has 0 radical (unpaired) electrons. The van der Waals surface area contributed by atoms with Crippen LogP contribution in [0.2, 0.25) is 0 Å². The van der Waals surface area contributed by atoms with Gasteiger partial charge >= 0.3 is 0 Å². The second-order valence-corrected chi connectivity index (χ2v) is 6.56. The van der Waals surface area contributed by atoms with E-state index in [-0.39, 0.29) is 11.9 Å². The van der Waals surface area contributed by atoms with Crippen LogP contribution in [-0.4, -0.2) is 16.5 Å². The minimum absolute atomic E-state index is 0.0226. The molecule has 0 bridgehead atoms. The number of carbonyl (C=O) groups excluding carboxylic acids is 1. The number of nitrogens with one attached hydrogen (secondary N) is 1. The third-order valence-corrected chi connectivity index (χ3v) is 4.58. The van der Waals surface area contributed by atoms with Crippen molar-refractivity contribution in [1.82, 2.24) is 9.88 Å². The number of halogens is 1. The molecule has 3 rings (SSSR count). The predicted octanol–water partition coefficient (Wildman–Crippen LogP) is 4.13. The van der Waals surface area contributed by atoms with Crippen LogP contribution in [0.1, 0.15) is 19.1 Å². The molecule has 0 saturated heterocycles. The number of rotatable bonds is 6. The Bertz CT molecular complexity index is 793. The summed E-state index contributed by atoms with van der Waals surface area (Å²) >= 11 is 3.53. The predicted molar refractivity (Wildman–Crippen MR) is 94.3 cm³/mol. The molecule has 1 amide bonds. The van der Waals surface area contributed by atoms with Gasteiger partial charge in [0.15, 0.2) is 0 Å². The molecule has 0 aliphatic rings. The Labute approximate surface area is 143 Å². The zero-order chi connectivity index (χ0) is 16.2. The zero-order valence-electron chi connectivity index (χ0n) is 13.0. The molecule has 0 fully saturated rings. The topological polar surface area (TPSA) is 47.2 Å². The number of hydrogen-bond donors (Lipinski definition) is 1. The quantitative estimate of drug-likeness (QED) is 0.704. The van der Waals surface area contributed by atoms with Crippen LogP contribution in [0.5, 0.6) is 0 Å². The van der Waals surface area contributed by atoms with Gasteiger partial charge in [0.25, 0.3) is 0 Å². The lowest BCUT2D eigenvalue weighted by Crippen LogP contribution is -2.35. The van der Waals surface area contributed by atoms with E-state index in [2.05, 4.69) is 21.2 Å². The molecule has 1 unspecified atom stereocenters. The molecule has 120 valence electrons. The molecule has 3 aromatic rings. The molecular formula is C18H19BrN2O2. The fraction of sp³-hybridized carbons (Fsp3) is 0.278. The molecule has 1 N–H and O–H groups in total. The van der Waals surface area contributed by atoms with Crippen molar-refractivity contribution in [3.8, 4) is 0 Å². The average Bonchev–Trinajstić information content (AvgIpc) is 3.16. The number of hydrogen-bond acceptors (Lipinski definition) is 2. The van der Waals surface area contributed by atoms with Gasteiger partial charge in [-0.25, -0.2) is 0 Å². The standard InChI is InChI=1S/C18H19BrN2O2/c1-13(7-8-14-4-3-11-23-14)20-18(22)12-21-10-9-15-16(19)5-2-6-17(15)21/h2-6,9-11,13H,7-8,12H2,1H3,(H,20,22). The normalized spacial score (nSPS) is 12.4. The largest absolute Gasteiger partial charge is 0.469 e. The molecule has 1 atom stereocenters.